The molecule has 0 saturated heterocycles. The lowest BCUT2D eigenvalue weighted by Crippen LogP contribution is -2.09. The van der Waals surface area contributed by atoms with Gasteiger partial charge in [-0.15, -0.1) is 5.10 Å². The van der Waals surface area contributed by atoms with Gasteiger partial charge in [-0.05, 0) is 47.4 Å². The third-order valence-electron chi connectivity index (χ3n) is 2.92. The molecule has 0 spiro atoms. The molecule has 2 aromatic rings. The highest BCUT2D eigenvalue weighted by molar-refractivity contribution is 5.67. The van der Waals surface area contributed by atoms with E-state index in [-0.39, 0.29) is 0 Å². The molecule has 1 aromatic heterocycles. The lowest BCUT2D eigenvalue weighted by atomic mass is 10.0. The topological polar surface area (TPSA) is 69.6 Å². The average Bonchev–Trinajstić information content (AvgIpc) is 2.70. The Labute approximate surface area is 107 Å². The Hall–Kier alpha value is -1.91. The normalized spacial score (nSPS) is 11.2. The van der Waals surface area contributed by atoms with Gasteiger partial charge in [-0.2, -0.15) is 0 Å². The molecule has 0 saturated carbocycles. The fraction of sp³-hybridized carbons (Fsp3) is 0.462. The van der Waals surface area contributed by atoms with Crippen LogP contribution in [0.15, 0.2) is 12.1 Å². The Morgan fingerprint density at radius 2 is 1.94 bits per heavy atom. The minimum atomic E-state index is 0.496. The summed E-state index contributed by atoms with van der Waals surface area (Å²) >= 11 is 0. The highest BCUT2D eigenvalue weighted by Gasteiger charge is 2.13. The van der Waals surface area contributed by atoms with Crippen LogP contribution in [-0.2, 0) is 6.54 Å². The zero-order valence-corrected chi connectivity index (χ0v) is 11.3. The molecule has 0 aliphatic rings. The molecule has 0 atom stereocenters. The van der Waals surface area contributed by atoms with E-state index in [4.69, 9.17) is 5.73 Å². The van der Waals surface area contributed by atoms with E-state index in [1.807, 2.05) is 17.7 Å². The molecule has 0 aliphatic heterocycles. The van der Waals surface area contributed by atoms with E-state index in [2.05, 4.69) is 42.4 Å². The number of benzene rings is 1. The standard InChI is InChI=1S/C13H19N5/c1-8(2)7-18-13(15-16-17-18)11-6-12(14)10(4)5-9(11)3/h5-6,8H,7,14H2,1-4H3. The van der Waals surface area contributed by atoms with Crippen LogP contribution in [0.5, 0.6) is 0 Å². The molecule has 0 amide bonds. The molecule has 96 valence electrons. The van der Waals surface area contributed by atoms with Gasteiger partial charge in [-0.1, -0.05) is 19.9 Å². The first-order valence-electron chi connectivity index (χ1n) is 6.12. The molecule has 2 N–H and O–H groups in total. The summed E-state index contributed by atoms with van der Waals surface area (Å²) in [7, 11) is 0. The van der Waals surface area contributed by atoms with E-state index < -0.39 is 0 Å². The summed E-state index contributed by atoms with van der Waals surface area (Å²) in [5, 5.41) is 11.9. The van der Waals surface area contributed by atoms with E-state index in [1.54, 1.807) is 0 Å². The zero-order valence-electron chi connectivity index (χ0n) is 11.3. The van der Waals surface area contributed by atoms with Crippen LogP contribution < -0.4 is 5.73 Å². The summed E-state index contributed by atoms with van der Waals surface area (Å²) in [4.78, 5) is 0. The molecule has 5 heteroatoms. The molecule has 1 heterocycles. The van der Waals surface area contributed by atoms with Crippen molar-refractivity contribution >= 4 is 5.69 Å². The van der Waals surface area contributed by atoms with Gasteiger partial charge in [0, 0.05) is 17.8 Å². The smallest absolute Gasteiger partial charge is 0.182 e. The quantitative estimate of drug-likeness (QED) is 0.841. The van der Waals surface area contributed by atoms with E-state index in [0.717, 1.165) is 34.7 Å². The monoisotopic (exact) mass is 245 g/mol. The van der Waals surface area contributed by atoms with Gasteiger partial charge in [0.2, 0.25) is 0 Å². The molecular formula is C13H19N5. The minimum Gasteiger partial charge on any atom is -0.398 e. The number of aromatic nitrogens is 4. The lowest BCUT2D eigenvalue weighted by Gasteiger charge is -2.11. The maximum absolute atomic E-state index is 5.97. The summed E-state index contributed by atoms with van der Waals surface area (Å²) < 4.78 is 1.84. The molecule has 0 unspecified atom stereocenters. The number of nitrogen functional groups attached to an aromatic ring is 1. The zero-order chi connectivity index (χ0) is 13.3. The van der Waals surface area contributed by atoms with Crippen LogP contribution in [0.2, 0.25) is 0 Å². The molecule has 18 heavy (non-hydrogen) atoms. The predicted molar refractivity (Wildman–Crippen MR) is 72.0 cm³/mol. The third-order valence-corrected chi connectivity index (χ3v) is 2.92. The predicted octanol–water partition coefficient (Wildman–Crippen LogP) is 2.20. The van der Waals surface area contributed by atoms with Crippen LogP contribution in [0.1, 0.15) is 25.0 Å². The Balaban J connectivity index is 2.49. The van der Waals surface area contributed by atoms with Gasteiger partial charge in [0.1, 0.15) is 0 Å². The second-order valence-corrected chi connectivity index (χ2v) is 5.10. The van der Waals surface area contributed by atoms with Crippen molar-refractivity contribution in [3.05, 3.63) is 23.3 Å². The Bertz CT molecular complexity index is 557. The second kappa shape index (κ2) is 4.76. The second-order valence-electron chi connectivity index (χ2n) is 5.10. The first-order valence-corrected chi connectivity index (χ1v) is 6.12. The van der Waals surface area contributed by atoms with Gasteiger partial charge in [0.25, 0.3) is 0 Å². The minimum absolute atomic E-state index is 0.496. The van der Waals surface area contributed by atoms with Crippen LogP contribution in [0.3, 0.4) is 0 Å². The van der Waals surface area contributed by atoms with Crippen LogP contribution in [0.25, 0.3) is 11.4 Å². The van der Waals surface area contributed by atoms with E-state index >= 15 is 0 Å². The van der Waals surface area contributed by atoms with Crippen molar-refractivity contribution in [1.29, 1.82) is 0 Å². The van der Waals surface area contributed by atoms with Crippen molar-refractivity contribution in [2.75, 3.05) is 5.73 Å². The van der Waals surface area contributed by atoms with E-state index in [1.165, 1.54) is 0 Å². The summed E-state index contributed by atoms with van der Waals surface area (Å²) in [6, 6.07) is 4.02. The van der Waals surface area contributed by atoms with E-state index in [0.29, 0.717) is 5.92 Å². The summed E-state index contributed by atoms with van der Waals surface area (Å²) in [5.41, 5.74) is 9.97. The van der Waals surface area contributed by atoms with Crippen LogP contribution in [0.4, 0.5) is 5.69 Å². The number of nitrogens with zero attached hydrogens (tertiary/aromatic N) is 4. The van der Waals surface area contributed by atoms with Gasteiger partial charge in [-0.25, -0.2) is 4.68 Å². The molecule has 0 fully saturated rings. The largest absolute Gasteiger partial charge is 0.398 e. The molecular weight excluding hydrogens is 226 g/mol. The van der Waals surface area contributed by atoms with Crippen LogP contribution >= 0.6 is 0 Å². The number of nitrogens with two attached hydrogens (primary N) is 1. The summed E-state index contributed by atoms with van der Waals surface area (Å²) in [6.07, 6.45) is 0. The third kappa shape index (κ3) is 2.34. The number of tetrazole rings is 1. The summed E-state index contributed by atoms with van der Waals surface area (Å²) in [5.74, 6) is 1.28. The molecule has 5 nitrogen and oxygen atoms in total. The first-order chi connectivity index (χ1) is 8.49. The molecule has 0 bridgehead atoms. The fourth-order valence-corrected chi connectivity index (χ4v) is 1.98. The van der Waals surface area contributed by atoms with Crippen molar-refractivity contribution < 1.29 is 0 Å². The van der Waals surface area contributed by atoms with Crippen LogP contribution in [0, 0.1) is 19.8 Å². The summed E-state index contributed by atoms with van der Waals surface area (Å²) in [6.45, 7) is 9.14. The van der Waals surface area contributed by atoms with Crippen molar-refractivity contribution in [3.63, 3.8) is 0 Å². The number of rotatable bonds is 3. The Morgan fingerprint density at radius 1 is 1.22 bits per heavy atom. The highest BCUT2D eigenvalue weighted by atomic mass is 15.5. The van der Waals surface area contributed by atoms with E-state index in [9.17, 15) is 0 Å². The van der Waals surface area contributed by atoms with Crippen molar-refractivity contribution in [3.8, 4) is 11.4 Å². The van der Waals surface area contributed by atoms with Crippen LogP contribution in [-0.4, -0.2) is 20.2 Å². The van der Waals surface area contributed by atoms with Crippen molar-refractivity contribution in [2.45, 2.75) is 34.2 Å². The molecule has 2 rings (SSSR count). The number of aryl methyl sites for hydroxylation is 2. The van der Waals surface area contributed by atoms with Crippen molar-refractivity contribution in [2.24, 2.45) is 5.92 Å². The Morgan fingerprint density at radius 3 is 2.61 bits per heavy atom. The Kier molecular flexibility index (Phi) is 3.32. The first kappa shape index (κ1) is 12.5. The molecule has 1 aromatic carbocycles. The molecule has 0 radical (unpaired) electrons. The fourth-order valence-electron chi connectivity index (χ4n) is 1.98. The van der Waals surface area contributed by atoms with Gasteiger partial charge >= 0.3 is 0 Å². The van der Waals surface area contributed by atoms with Gasteiger partial charge in [0.05, 0.1) is 0 Å². The highest BCUT2D eigenvalue weighted by Crippen LogP contribution is 2.26. The number of hydrogen-bond acceptors (Lipinski definition) is 4. The lowest BCUT2D eigenvalue weighted by molar-refractivity contribution is 0.475. The maximum Gasteiger partial charge on any atom is 0.182 e. The number of anilines is 1. The van der Waals surface area contributed by atoms with Crippen molar-refractivity contribution in [1.82, 2.24) is 20.2 Å². The van der Waals surface area contributed by atoms with Gasteiger partial charge < -0.3 is 5.73 Å². The van der Waals surface area contributed by atoms with Gasteiger partial charge in [0.15, 0.2) is 5.82 Å². The maximum atomic E-state index is 5.97. The average molecular weight is 245 g/mol. The SMILES string of the molecule is Cc1cc(C)c(-c2nnnn2CC(C)C)cc1N. The molecule has 0 aliphatic carbocycles. The van der Waals surface area contributed by atoms with Gasteiger partial charge in [-0.3, -0.25) is 0 Å². The number of hydrogen-bond donors (Lipinski definition) is 1.